The highest BCUT2D eigenvalue weighted by atomic mass is 15.1. The van der Waals surface area contributed by atoms with E-state index in [1.54, 1.807) is 0 Å². The van der Waals surface area contributed by atoms with Crippen LogP contribution in [-0.2, 0) is 0 Å². The number of fused-ring (bicyclic) bond motifs is 4. The average molecular weight is 401 g/mol. The number of aromatic amines is 1. The number of para-hydroxylation sites is 4. The van der Waals surface area contributed by atoms with Crippen molar-refractivity contribution in [2.75, 3.05) is 0 Å². The maximum Gasteiger partial charge on any atom is 0.229 e. The predicted octanol–water partition coefficient (Wildman–Crippen LogP) is 5.70. The molecule has 6 aromatic rings. The van der Waals surface area contributed by atoms with Crippen molar-refractivity contribution >= 4 is 44.6 Å². The number of nitrogens with zero attached hydrogens (tertiary/aromatic N) is 3. The van der Waals surface area contributed by atoms with Crippen LogP contribution in [0, 0.1) is 0 Å². The van der Waals surface area contributed by atoms with E-state index in [1.165, 1.54) is 10.8 Å². The molecule has 4 aromatic carbocycles. The molecule has 0 atom stereocenters. The van der Waals surface area contributed by atoms with E-state index < -0.39 is 0 Å². The molecule has 148 valence electrons. The Balaban J connectivity index is 1.49. The number of nitrogens with two attached hydrogens (primary N) is 1. The lowest BCUT2D eigenvalue weighted by Crippen LogP contribution is -2.13. The number of hydrogen-bond donors (Lipinski definition) is 2. The molecule has 0 saturated heterocycles. The van der Waals surface area contributed by atoms with E-state index in [0.717, 1.165) is 33.3 Å². The summed E-state index contributed by atoms with van der Waals surface area (Å²) >= 11 is 0. The Morgan fingerprint density at radius 3 is 2.19 bits per heavy atom. The fourth-order valence-electron chi connectivity index (χ4n) is 4.18. The molecule has 0 amide bonds. The fourth-order valence-corrected chi connectivity index (χ4v) is 4.18. The summed E-state index contributed by atoms with van der Waals surface area (Å²) in [5.41, 5.74) is 12.4. The van der Waals surface area contributed by atoms with Gasteiger partial charge in [0.2, 0.25) is 5.95 Å². The Morgan fingerprint density at radius 1 is 0.774 bits per heavy atom. The van der Waals surface area contributed by atoms with Crippen LogP contribution in [0.25, 0.3) is 38.5 Å². The zero-order chi connectivity index (χ0) is 20.8. The van der Waals surface area contributed by atoms with E-state index in [4.69, 9.17) is 5.73 Å². The van der Waals surface area contributed by atoms with Crippen molar-refractivity contribution in [3.8, 4) is 5.69 Å². The van der Waals surface area contributed by atoms with Gasteiger partial charge in [-0.3, -0.25) is 0 Å². The quantitative estimate of drug-likeness (QED) is 0.295. The Kier molecular flexibility index (Phi) is 3.86. The molecule has 0 bridgehead atoms. The second kappa shape index (κ2) is 6.85. The molecule has 3 N–H and O–H groups in total. The SMILES string of the molecule is N/C(=N\c1nc2ccccc2[nH]1)c1cccc(-n2c3ccccc3c3ccccc32)c1. The van der Waals surface area contributed by atoms with Crippen LogP contribution in [0.5, 0.6) is 0 Å². The minimum absolute atomic E-state index is 0.418. The number of aliphatic imine (C=N–C) groups is 1. The van der Waals surface area contributed by atoms with E-state index in [2.05, 4.69) is 80.2 Å². The molecular formula is C26H19N5. The van der Waals surface area contributed by atoms with Gasteiger partial charge in [-0.1, -0.05) is 60.7 Å². The third kappa shape index (κ3) is 2.87. The van der Waals surface area contributed by atoms with Crippen molar-refractivity contribution in [1.82, 2.24) is 14.5 Å². The zero-order valence-corrected chi connectivity index (χ0v) is 16.7. The monoisotopic (exact) mass is 401 g/mol. The first-order valence-electron chi connectivity index (χ1n) is 10.2. The van der Waals surface area contributed by atoms with Crippen LogP contribution in [0.3, 0.4) is 0 Å². The van der Waals surface area contributed by atoms with Crippen LogP contribution in [0.1, 0.15) is 5.56 Å². The molecule has 5 heteroatoms. The summed E-state index contributed by atoms with van der Waals surface area (Å²) in [7, 11) is 0. The third-order valence-corrected chi connectivity index (χ3v) is 5.58. The molecule has 0 aliphatic carbocycles. The first kappa shape index (κ1) is 17.5. The summed E-state index contributed by atoms with van der Waals surface area (Å²) < 4.78 is 2.27. The van der Waals surface area contributed by atoms with Gasteiger partial charge in [0, 0.05) is 22.0 Å². The van der Waals surface area contributed by atoms with Crippen LogP contribution in [0.2, 0.25) is 0 Å². The summed E-state index contributed by atoms with van der Waals surface area (Å²) in [5, 5.41) is 2.46. The minimum Gasteiger partial charge on any atom is -0.383 e. The van der Waals surface area contributed by atoms with E-state index in [1.807, 2.05) is 36.4 Å². The van der Waals surface area contributed by atoms with Crippen molar-refractivity contribution in [1.29, 1.82) is 0 Å². The maximum atomic E-state index is 6.38. The van der Waals surface area contributed by atoms with Crippen LogP contribution in [0.15, 0.2) is 102 Å². The molecule has 0 aliphatic heterocycles. The summed E-state index contributed by atoms with van der Waals surface area (Å²) in [6, 6.07) is 32.9. The smallest absolute Gasteiger partial charge is 0.229 e. The molecule has 0 aliphatic rings. The zero-order valence-electron chi connectivity index (χ0n) is 16.7. The van der Waals surface area contributed by atoms with E-state index in [9.17, 15) is 0 Å². The van der Waals surface area contributed by atoms with Crippen molar-refractivity contribution in [2.24, 2.45) is 10.7 Å². The van der Waals surface area contributed by atoms with E-state index in [0.29, 0.717) is 11.8 Å². The lowest BCUT2D eigenvalue weighted by Gasteiger charge is -2.09. The molecular weight excluding hydrogens is 382 g/mol. The number of amidine groups is 1. The van der Waals surface area contributed by atoms with Gasteiger partial charge in [0.25, 0.3) is 0 Å². The predicted molar refractivity (Wildman–Crippen MR) is 127 cm³/mol. The summed E-state index contributed by atoms with van der Waals surface area (Å²) in [5.74, 6) is 0.919. The van der Waals surface area contributed by atoms with Gasteiger partial charge in [0.1, 0.15) is 5.84 Å². The number of nitrogens with one attached hydrogen (secondary N) is 1. The average Bonchev–Trinajstić information content (AvgIpc) is 3.37. The number of rotatable bonds is 3. The maximum absolute atomic E-state index is 6.38. The second-order valence-electron chi connectivity index (χ2n) is 7.49. The lowest BCUT2D eigenvalue weighted by atomic mass is 10.2. The fraction of sp³-hybridized carbons (Fsp3) is 0. The Morgan fingerprint density at radius 2 is 1.45 bits per heavy atom. The van der Waals surface area contributed by atoms with Crippen molar-refractivity contribution < 1.29 is 0 Å². The molecule has 6 rings (SSSR count). The molecule has 0 fully saturated rings. The second-order valence-corrected chi connectivity index (χ2v) is 7.49. The molecule has 2 heterocycles. The minimum atomic E-state index is 0.418. The highest BCUT2D eigenvalue weighted by Gasteiger charge is 2.12. The number of aromatic nitrogens is 3. The van der Waals surface area contributed by atoms with Crippen LogP contribution < -0.4 is 5.73 Å². The van der Waals surface area contributed by atoms with Crippen LogP contribution in [0.4, 0.5) is 5.95 Å². The van der Waals surface area contributed by atoms with Gasteiger partial charge in [0.15, 0.2) is 0 Å². The lowest BCUT2D eigenvalue weighted by molar-refractivity contribution is 1.18. The third-order valence-electron chi connectivity index (χ3n) is 5.58. The van der Waals surface area contributed by atoms with Gasteiger partial charge in [-0.05, 0) is 36.4 Å². The number of H-pyrrole nitrogens is 1. The Labute approximate surface area is 178 Å². The summed E-state index contributed by atoms with van der Waals surface area (Å²) in [6.07, 6.45) is 0. The van der Waals surface area contributed by atoms with Gasteiger partial charge in [0.05, 0.1) is 22.1 Å². The number of hydrogen-bond acceptors (Lipinski definition) is 2. The van der Waals surface area contributed by atoms with Crippen molar-refractivity contribution in [3.63, 3.8) is 0 Å². The van der Waals surface area contributed by atoms with Gasteiger partial charge in [-0.15, -0.1) is 0 Å². The van der Waals surface area contributed by atoms with Gasteiger partial charge < -0.3 is 15.3 Å². The van der Waals surface area contributed by atoms with Crippen molar-refractivity contribution in [2.45, 2.75) is 0 Å². The number of imidazole rings is 1. The normalized spacial score (nSPS) is 12.2. The Bertz CT molecular complexity index is 1520. The molecule has 0 radical (unpaired) electrons. The first-order valence-corrected chi connectivity index (χ1v) is 10.2. The van der Waals surface area contributed by atoms with Gasteiger partial charge in [-0.2, -0.15) is 4.99 Å². The van der Waals surface area contributed by atoms with E-state index in [-0.39, 0.29) is 0 Å². The Hall–Kier alpha value is -4.38. The molecule has 0 spiro atoms. The molecule has 2 aromatic heterocycles. The summed E-state index contributed by atoms with van der Waals surface area (Å²) in [4.78, 5) is 12.2. The van der Waals surface area contributed by atoms with Gasteiger partial charge in [-0.25, -0.2) is 4.98 Å². The van der Waals surface area contributed by atoms with Crippen LogP contribution >= 0.6 is 0 Å². The standard InChI is InChI=1S/C26H19N5/c27-25(30-26-28-21-12-3-4-13-22(21)29-26)17-8-7-9-18(16-17)31-23-14-5-1-10-19(23)20-11-2-6-15-24(20)31/h1-16H,(H3,27,28,29,30). The summed E-state index contributed by atoms with van der Waals surface area (Å²) in [6.45, 7) is 0. The highest BCUT2D eigenvalue weighted by Crippen LogP contribution is 2.31. The van der Waals surface area contributed by atoms with Gasteiger partial charge >= 0.3 is 0 Å². The number of benzene rings is 4. The molecule has 0 unspecified atom stereocenters. The molecule has 0 saturated carbocycles. The molecule has 31 heavy (non-hydrogen) atoms. The topological polar surface area (TPSA) is 72.0 Å². The largest absolute Gasteiger partial charge is 0.383 e. The van der Waals surface area contributed by atoms with Crippen molar-refractivity contribution in [3.05, 3.63) is 103 Å². The van der Waals surface area contributed by atoms with Crippen LogP contribution in [-0.4, -0.2) is 20.4 Å². The van der Waals surface area contributed by atoms with E-state index >= 15 is 0 Å². The first-order chi connectivity index (χ1) is 15.3. The highest BCUT2D eigenvalue weighted by molar-refractivity contribution is 6.09. The molecule has 5 nitrogen and oxygen atoms in total.